The molecule has 0 spiro atoms. The molecule has 1 saturated carbocycles. The molecule has 26 heavy (non-hydrogen) atoms. The lowest BCUT2D eigenvalue weighted by Crippen LogP contribution is -2.32. The van der Waals surface area contributed by atoms with Crippen LogP contribution in [0.5, 0.6) is 0 Å². The molecule has 2 N–H and O–H groups in total. The Balaban J connectivity index is 1.73. The Morgan fingerprint density at radius 2 is 1.85 bits per heavy atom. The molecule has 1 aliphatic carbocycles. The van der Waals surface area contributed by atoms with Crippen molar-refractivity contribution in [2.24, 2.45) is 0 Å². The SMILES string of the molecule is C=CCNC(=O)c1cccc(S(=O)(=O)NCC2(c3ccccc3)CC2)c1. The Morgan fingerprint density at radius 3 is 2.50 bits per heavy atom. The van der Waals surface area contributed by atoms with Gasteiger partial charge in [-0.1, -0.05) is 42.5 Å². The summed E-state index contributed by atoms with van der Waals surface area (Å²) in [5, 5.41) is 2.64. The lowest BCUT2D eigenvalue weighted by Gasteiger charge is -2.17. The molecular formula is C20H22N2O3S. The van der Waals surface area contributed by atoms with Gasteiger partial charge >= 0.3 is 0 Å². The molecule has 0 aliphatic heterocycles. The lowest BCUT2D eigenvalue weighted by atomic mass is 9.96. The normalized spacial score (nSPS) is 15.2. The standard InChI is InChI=1S/C20H22N2O3S/c1-2-13-21-19(23)16-7-6-10-18(14-16)26(24,25)22-15-20(11-12-20)17-8-4-3-5-9-17/h2-10,14,22H,1,11-13,15H2,(H,21,23). The molecule has 0 radical (unpaired) electrons. The molecule has 0 heterocycles. The summed E-state index contributed by atoms with van der Waals surface area (Å²) in [6.45, 7) is 4.22. The van der Waals surface area contributed by atoms with Crippen molar-refractivity contribution in [1.29, 1.82) is 0 Å². The van der Waals surface area contributed by atoms with Crippen LogP contribution in [0.15, 0.2) is 72.1 Å². The van der Waals surface area contributed by atoms with Gasteiger partial charge in [0.15, 0.2) is 0 Å². The summed E-state index contributed by atoms with van der Waals surface area (Å²) < 4.78 is 28.0. The van der Waals surface area contributed by atoms with Gasteiger partial charge in [-0.05, 0) is 36.6 Å². The largest absolute Gasteiger partial charge is 0.349 e. The van der Waals surface area contributed by atoms with Crippen molar-refractivity contribution in [2.45, 2.75) is 23.2 Å². The van der Waals surface area contributed by atoms with Crippen LogP contribution in [0.3, 0.4) is 0 Å². The predicted octanol–water partition coefficient (Wildman–Crippen LogP) is 2.61. The van der Waals surface area contributed by atoms with Crippen molar-refractivity contribution < 1.29 is 13.2 Å². The number of carbonyl (C=O) groups is 1. The zero-order valence-corrected chi connectivity index (χ0v) is 15.3. The van der Waals surface area contributed by atoms with E-state index in [4.69, 9.17) is 0 Å². The molecule has 3 rings (SSSR count). The molecule has 1 fully saturated rings. The molecule has 136 valence electrons. The molecule has 0 aromatic heterocycles. The second-order valence-corrected chi connectivity index (χ2v) is 8.26. The maximum Gasteiger partial charge on any atom is 0.251 e. The Bertz CT molecular complexity index is 904. The maximum absolute atomic E-state index is 12.7. The van der Waals surface area contributed by atoms with E-state index in [0.29, 0.717) is 18.7 Å². The predicted molar refractivity (Wildman–Crippen MR) is 102 cm³/mol. The third kappa shape index (κ3) is 4.03. The molecule has 2 aromatic carbocycles. The third-order valence-corrected chi connectivity index (χ3v) is 6.05. The number of amides is 1. The highest BCUT2D eigenvalue weighted by Crippen LogP contribution is 2.47. The minimum absolute atomic E-state index is 0.0904. The van der Waals surface area contributed by atoms with Gasteiger partial charge in [0, 0.05) is 24.1 Å². The Hall–Kier alpha value is -2.44. The summed E-state index contributed by atoms with van der Waals surface area (Å²) in [6.07, 6.45) is 3.49. The van der Waals surface area contributed by atoms with Crippen LogP contribution in [0.2, 0.25) is 0 Å². The first-order valence-electron chi connectivity index (χ1n) is 8.51. The van der Waals surface area contributed by atoms with Crippen LogP contribution in [0.1, 0.15) is 28.8 Å². The minimum Gasteiger partial charge on any atom is -0.349 e. The quantitative estimate of drug-likeness (QED) is 0.702. The summed E-state index contributed by atoms with van der Waals surface area (Å²) in [5.74, 6) is -0.329. The molecule has 5 nitrogen and oxygen atoms in total. The van der Waals surface area contributed by atoms with Crippen LogP contribution >= 0.6 is 0 Å². The van der Waals surface area contributed by atoms with Gasteiger partial charge in [0.05, 0.1) is 4.90 Å². The summed E-state index contributed by atoms with van der Waals surface area (Å²) >= 11 is 0. The smallest absolute Gasteiger partial charge is 0.251 e. The fraction of sp³-hybridized carbons (Fsp3) is 0.250. The van der Waals surface area contributed by atoms with Crippen molar-refractivity contribution in [3.63, 3.8) is 0 Å². The van der Waals surface area contributed by atoms with E-state index in [0.717, 1.165) is 18.4 Å². The van der Waals surface area contributed by atoms with E-state index in [1.54, 1.807) is 18.2 Å². The molecule has 0 bridgehead atoms. The molecule has 6 heteroatoms. The first-order valence-corrected chi connectivity index (χ1v) is 10.00. The Labute approximate surface area is 154 Å². The maximum atomic E-state index is 12.7. The highest BCUT2D eigenvalue weighted by Gasteiger charge is 2.44. The lowest BCUT2D eigenvalue weighted by molar-refractivity contribution is 0.0958. The van der Waals surface area contributed by atoms with Gasteiger partial charge in [0.2, 0.25) is 10.0 Å². The summed E-state index contributed by atoms with van der Waals surface area (Å²) in [5.41, 5.74) is 1.34. The van der Waals surface area contributed by atoms with Crippen LogP contribution in [0.25, 0.3) is 0 Å². The third-order valence-electron chi connectivity index (χ3n) is 4.65. The van der Waals surface area contributed by atoms with Crippen LogP contribution in [-0.4, -0.2) is 27.4 Å². The average Bonchev–Trinajstić information content (AvgIpc) is 3.47. The van der Waals surface area contributed by atoms with Gasteiger partial charge in [0.25, 0.3) is 5.91 Å². The number of hydrogen-bond donors (Lipinski definition) is 2. The van der Waals surface area contributed by atoms with Crippen LogP contribution in [0, 0.1) is 0 Å². The van der Waals surface area contributed by atoms with E-state index in [-0.39, 0.29) is 16.2 Å². The van der Waals surface area contributed by atoms with Crippen molar-refractivity contribution in [3.8, 4) is 0 Å². The fourth-order valence-corrected chi connectivity index (χ4v) is 4.07. The van der Waals surface area contributed by atoms with Crippen LogP contribution in [0.4, 0.5) is 0 Å². The van der Waals surface area contributed by atoms with E-state index in [9.17, 15) is 13.2 Å². The van der Waals surface area contributed by atoms with E-state index in [1.807, 2.05) is 30.3 Å². The molecule has 1 amide bonds. The van der Waals surface area contributed by atoms with Gasteiger partial charge in [-0.25, -0.2) is 13.1 Å². The topological polar surface area (TPSA) is 75.3 Å². The van der Waals surface area contributed by atoms with Gasteiger partial charge < -0.3 is 5.32 Å². The summed E-state index contributed by atoms with van der Waals surface area (Å²) in [4.78, 5) is 12.1. The molecule has 1 aliphatic rings. The van der Waals surface area contributed by atoms with Crippen molar-refractivity contribution in [3.05, 3.63) is 78.4 Å². The van der Waals surface area contributed by atoms with Crippen LogP contribution in [-0.2, 0) is 15.4 Å². The van der Waals surface area contributed by atoms with Crippen molar-refractivity contribution >= 4 is 15.9 Å². The van der Waals surface area contributed by atoms with Gasteiger partial charge in [-0.15, -0.1) is 6.58 Å². The first-order chi connectivity index (χ1) is 12.5. The van der Waals surface area contributed by atoms with Gasteiger partial charge in [-0.3, -0.25) is 4.79 Å². The molecule has 0 saturated heterocycles. The number of carbonyl (C=O) groups excluding carboxylic acids is 1. The summed E-state index contributed by atoms with van der Waals surface area (Å²) in [6, 6.07) is 16.0. The second kappa shape index (κ2) is 7.43. The number of nitrogens with one attached hydrogen (secondary N) is 2. The minimum atomic E-state index is -3.69. The average molecular weight is 370 g/mol. The molecular weight excluding hydrogens is 348 g/mol. The molecule has 0 atom stereocenters. The van der Waals surface area contributed by atoms with E-state index >= 15 is 0 Å². The zero-order chi connectivity index (χ0) is 18.6. The van der Waals surface area contributed by atoms with E-state index in [2.05, 4.69) is 16.6 Å². The van der Waals surface area contributed by atoms with E-state index < -0.39 is 10.0 Å². The fourth-order valence-electron chi connectivity index (χ4n) is 2.90. The number of benzene rings is 2. The Morgan fingerprint density at radius 1 is 1.12 bits per heavy atom. The first kappa shape index (κ1) is 18.4. The second-order valence-electron chi connectivity index (χ2n) is 6.50. The van der Waals surface area contributed by atoms with Gasteiger partial charge in [0.1, 0.15) is 0 Å². The highest BCUT2D eigenvalue weighted by molar-refractivity contribution is 7.89. The Kier molecular flexibility index (Phi) is 5.25. The van der Waals surface area contributed by atoms with Crippen molar-refractivity contribution in [2.75, 3.05) is 13.1 Å². The van der Waals surface area contributed by atoms with Gasteiger partial charge in [-0.2, -0.15) is 0 Å². The zero-order valence-electron chi connectivity index (χ0n) is 14.4. The summed E-state index contributed by atoms with van der Waals surface area (Å²) in [7, 11) is -3.69. The molecule has 2 aromatic rings. The van der Waals surface area contributed by atoms with Crippen molar-refractivity contribution in [1.82, 2.24) is 10.0 Å². The highest BCUT2D eigenvalue weighted by atomic mass is 32.2. The van der Waals surface area contributed by atoms with Crippen LogP contribution < -0.4 is 10.0 Å². The monoisotopic (exact) mass is 370 g/mol. The number of hydrogen-bond acceptors (Lipinski definition) is 3. The number of rotatable bonds is 8. The van der Waals surface area contributed by atoms with E-state index in [1.165, 1.54) is 12.1 Å². The molecule has 0 unspecified atom stereocenters. The number of sulfonamides is 1.